The van der Waals surface area contributed by atoms with Crippen molar-refractivity contribution in [2.24, 2.45) is 11.7 Å². The molecule has 1 fully saturated rings. The topological polar surface area (TPSA) is 35.2 Å². The van der Waals surface area contributed by atoms with Crippen molar-refractivity contribution < 1.29 is 4.74 Å². The van der Waals surface area contributed by atoms with E-state index >= 15 is 0 Å². The lowest BCUT2D eigenvalue weighted by atomic mass is 9.79. The molecule has 0 bridgehead atoms. The summed E-state index contributed by atoms with van der Waals surface area (Å²) < 4.78 is 5.45. The fourth-order valence-electron chi connectivity index (χ4n) is 1.78. The molecule has 2 N–H and O–H groups in total. The fraction of sp³-hybridized carbons (Fsp3) is 1.00. The van der Waals surface area contributed by atoms with Crippen molar-refractivity contribution in [1.29, 1.82) is 0 Å². The first kappa shape index (κ1) is 9.01. The number of ether oxygens (including phenoxy) is 1. The second-order valence-corrected chi connectivity index (χ2v) is 3.77. The SMILES string of the molecule is COC1(CN)CCC(C)CC1. The molecule has 0 radical (unpaired) electrons. The molecule has 0 saturated heterocycles. The molecule has 0 atom stereocenters. The van der Waals surface area contributed by atoms with Crippen LogP contribution in [0.2, 0.25) is 0 Å². The van der Waals surface area contributed by atoms with Gasteiger partial charge in [0.1, 0.15) is 0 Å². The molecule has 0 unspecified atom stereocenters. The molecular weight excluding hydrogens is 138 g/mol. The maximum atomic E-state index is 5.67. The molecule has 1 aliphatic carbocycles. The van der Waals surface area contributed by atoms with E-state index in [4.69, 9.17) is 10.5 Å². The molecule has 0 spiro atoms. The normalized spacial score (nSPS) is 39.0. The van der Waals surface area contributed by atoms with Crippen molar-refractivity contribution in [1.82, 2.24) is 0 Å². The molecule has 11 heavy (non-hydrogen) atoms. The van der Waals surface area contributed by atoms with Crippen molar-refractivity contribution in [2.45, 2.75) is 38.2 Å². The van der Waals surface area contributed by atoms with Gasteiger partial charge in [-0.3, -0.25) is 0 Å². The highest BCUT2D eigenvalue weighted by Crippen LogP contribution is 2.33. The first-order valence-corrected chi connectivity index (χ1v) is 4.48. The lowest BCUT2D eigenvalue weighted by Crippen LogP contribution is -2.42. The van der Waals surface area contributed by atoms with Crippen molar-refractivity contribution in [3.63, 3.8) is 0 Å². The predicted octanol–water partition coefficient (Wildman–Crippen LogP) is 1.54. The summed E-state index contributed by atoms with van der Waals surface area (Å²) in [6, 6.07) is 0. The van der Waals surface area contributed by atoms with E-state index < -0.39 is 0 Å². The minimum Gasteiger partial charge on any atom is -0.377 e. The van der Waals surface area contributed by atoms with Crippen LogP contribution in [0.3, 0.4) is 0 Å². The van der Waals surface area contributed by atoms with Gasteiger partial charge in [-0.25, -0.2) is 0 Å². The Hall–Kier alpha value is -0.0800. The zero-order valence-electron chi connectivity index (χ0n) is 7.60. The minimum absolute atomic E-state index is 0.0203. The second-order valence-electron chi connectivity index (χ2n) is 3.77. The van der Waals surface area contributed by atoms with Crippen molar-refractivity contribution in [2.75, 3.05) is 13.7 Å². The molecule has 0 aliphatic heterocycles. The average Bonchev–Trinajstić information content (AvgIpc) is 2.07. The summed E-state index contributed by atoms with van der Waals surface area (Å²) in [6.07, 6.45) is 4.82. The number of hydrogen-bond acceptors (Lipinski definition) is 2. The van der Waals surface area contributed by atoms with Gasteiger partial charge < -0.3 is 10.5 Å². The molecule has 1 saturated carbocycles. The number of rotatable bonds is 2. The van der Waals surface area contributed by atoms with Gasteiger partial charge in [0.25, 0.3) is 0 Å². The van der Waals surface area contributed by atoms with Gasteiger partial charge in [0, 0.05) is 13.7 Å². The third-order valence-corrected chi connectivity index (χ3v) is 2.99. The van der Waals surface area contributed by atoms with E-state index in [1.165, 1.54) is 12.8 Å². The van der Waals surface area contributed by atoms with E-state index in [-0.39, 0.29) is 5.60 Å². The number of nitrogens with two attached hydrogens (primary N) is 1. The molecule has 1 rings (SSSR count). The Morgan fingerprint density at radius 3 is 2.36 bits per heavy atom. The van der Waals surface area contributed by atoms with E-state index in [0.29, 0.717) is 6.54 Å². The zero-order chi connectivity index (χ0) is 8.32. The summed E-state index contributed by atoms with van der Waals surface area (Å²) in [5.41, 5.74) is 5.69. The van der Waals surface area contributed by atoms with Crippen LogP contribution in [0.1, 0.15) is 32.6 Å². The summed E-state index contributed by atoms with van der Waals surface area (Å²) in [7, 11) is 1.78. The van der Waals surface area contributed by atoms with Crippen LogP contribution in [0.5, 0.6) is 0 Å². The Kier molecular flexibility index (Phi) is 2.90. The van der Waals surface area contributed by atoms with Gasteiger partial charge in [0.2, 0.25) is 0 Å². The van der Waals surface area contributed by atoms with E-state index in [1.54, 1.807) is 7.11 Å². The maximum Gasteiger partial charge on any atom is 0.0800 e. The molecule has 0 amide bonds. The third-order valence-electron chi connectivity index (χ3n) is 2.99. The Labute approximate surface area is 69.1 Å². The molecule has 2 heteroatoms. The third kappa shape index (κ3) is 1.94. The standard InChI is InChI=1S/C9H19NO/c1-8-3-5-9(7-10,11-2)6-4-8/h8H,3-7,10H2,1-2H3. The monoisotopic (exact) mass is 157 g/mol. The summed E-state index contributed by atoms with van der Waals surface area (Å²) in [5, 5.41) is 0. The summed E-state index contributed by atoms with van der Waals surface area (Å²) in [6.45, 7) is 2.98. The summed E-state index contributed by atoms with van der Waals surface area (Å²) in [5.74, 6) is 0.866. The van der Waals surface area contributed by atoms with E-state index in [0.717, 1.165) is 18.8 Å². The Morgan fingerprint density at radius 1 is 1.45 bits per heavy atom. The molecule has 0 heterocycles. The lowest BCUT2D eigenvalue weighted by Gasteiger charge is -2.37. The maximum absolute atomic E-state index is 5.67. The average molecular weight is 157 g/mol. The van der Waals surface area contributed by atoms with E-state index in [1.807, 2.05) is 0 Å². The van der Waals surface area contributed by atoms with Crippen LogP contribution in [0.4, 0.5) is 0 Å². The van der Waals surface area contributed by atoms with Gasteiger partial charge in [-0.2, -0.15) is 0 Å². The van der Waals surface area contributed by atoms with Crippen molar-refractivity contribution in [3.05, 3.63) is 0 Å². The van der Waals surface area contributed by atoms with Crippen LogP contribution < -0.4 is 5.73 Å². The largest absolute Gasteiger partial charge is 0.377 e. The molecular formula is C9H19NO. The van der Waals surface area contributed by atoms with Crippen LogP contribution in [-0.2, 0) is 4.74 Å². The van der Waals surface area contributed by atoms with Gasteiger partial charge in [-0.15, -0.1) is 0 Å². The van der Waals surface area contributed by atoms with Crippen LogP contribution in [0.15, 0.2) is 0 Å². The highest BCUT2D eigenvalue weighted by molar-refractivity contribution is 4.86. The lowest BCUT2D eigenvalue weighted by molar-refractivity contribution is -0.0398. The van der Waals surface area contributed by atoms with Gasteiger partial charge in [0.05, 0.1) is 5.60 Å². The Balaban J connectivity index is 2.45. The number of hydrogen-bond donors (Lipinski definition) is 1. The molecule has 0 aromatic carbocycles. The van der Waals surface area contributed by atoms with Gasteiger partial charge in [-0.1, -0.05) is 6.92 Å². The Bertz CT molecular complexity index is 111. The van der Waals surface area contributed by atoms with Crippen LogP contribution in [-0.4, -0.2) is 19.3 Å². The van der Waals surface area contributed by atoms with Crippen LogP contribution in [0.25, 0.3) is 0 Å². The molecule has 2 nitrogen and oxygen atoms in total. The fourth-order valence-corrected chi connectivity index (χ4v) is 1.78. The van der Waals surface area contributed by atoms with Crippen LogP contribution >= 0.6 is 0 Å². The van der Waals surface area contributed by atoms with E-state index in [2.05, 4.69) is 6.92 Å². The Morgan fingerprint density at radius 2 is 2.00 bits per heavy atom. The van der Waals surface area contributed by atoms with Crippen molar-refractivity contribution >= 4 is 0 Å². The zero-order valence-corrected chi connectivity index (χ0v) is 7.60. The molecule has 1 aliphatic rings. The molecule has 66 valence electrons. The summed E-state index contributed by atoms with van der Waals surface area (Å²) in [4.78, 5) is 0. The molecule has 0 aromatic rings. The smallest absolute Gasteiger partial charge is 0.0800 e. The van der Waals surface area contributed by atoms with E-state index in [9.17, 15) is 0 Å². The first-order chi connectivity index (χ1) is 5.22. The van der Waals surface area contributed by atoms with Crippen molar-refractivity contribution in [3.8, 4) is 0 Å². The van der Waals surface area contributed by atoms with Gasteiger partial charge >= 0.3 is 0 Å². The predicted molar refractivity (Wildman–Crippen MR) is 46.4 cm³/mol. The summed E-state index contributed by atoms with van der Waals surface area (Å²) >= 11 is 0. The highest BCUT2D eigenvalue weighted by Gasteiger charge is 2.32. The number of methoxy groups -OCH3 is 1. The van der Waals surface area contributed by atoms with Gasteiger partial charge in [-0.05, 0) is 31.6 Å². The second kappa shape index (κ2) is 3.55. The van der Waals surface area contributed by atoms with Crippen LogP contribution in [0, 0.1) is 5.92 Å². The molecule has 0 aromatic heterocycles. The first-order valence-electron chi connectivity index (χ1n) is 4.48. The van der Waals surface area contributed by atoms with Gasteiger partial charge in [0.15, 0.2) is 0 Å². The minimum atomic E-state index is 0.0203. The quantitative estimate of drug-likeness (QED) is 0.660. The highest BCUT2D eigenvalue weighted by atomic mass is 16.5.